The third-order valence-corrected chi connectivity index (χ3v) is 1.68. The van der Waals surface area contributed by atoms with Gasteiger partial charge in [0.1, 0.15) is 17.3 Å². The minimum Gasteiger partial charge on any atom is -0.368 e. The first-order valence-electron chi connectivity index (χ1n) is 3.94. The molecule has 0 aliphatic rings. The molecule has 0 bridgehead atoms. The van der Waals surface area contributed by atoms with Gasteiger partial charge in [0.05, 0.1) is 5.69 Å². The molecule has 2 N–H and O–H groups in total. The molecule has 1 heterocycles. The van der Waals surface area contributed by atoms with E-state index in [-0.39, 0.29) is 17.2 Å². The summed E-state index contributed by atoms with van der Waals surface area (Å²) in [6.45, 7) is 1.71. The van der Waals surface area contributed by atoms with Crippen molar-refractivity contribution in [3.05, 3.63) is 17.0 Å². The number of hydrogen-bond donors (Lipinski definition) is 1. The Bertz CT molecular complexity index is 384. The van der Waals surface area contributed by atoms with Crippen LogP contribution in [0.1, 0.15) is 30.3 Å². The van der Waals surface area contributed by atoms with E-state index >= 15 is 0 Å². The molecule has 0 saturated heterocycles. The van der Waals surface area contributed by atoms with E-state index in [4.69, 9.17) is 11.0 Å². The Morgan fingerprint density at radius 1 is 1.50 bits per heavy atom. The monoisotopic (exact) mass is 198 g/mol. The van der Waals surface area contributed by atoms with Crippen molar-refractivity contribution < 1.29 is 8.78 Å². The first-order valence-corrected chi connectivity index (χ1v) is 3.94. The van der Waals surface area contributed by atoms with Gasteiger partial charge in [-0.2, -0.15) is 5.26 Å². The van der Waals surface area contributed by atoms with Crippen LogP contribution in [0.2, 0.25) is 0 Å². The Balaban J connectivity index is 3.41. The van der Waals surface area contributed by atoms with Crippen LogP contribution >= 0.6 is 0 Å². The standard InChI is InChI=1S/C8H8F2N4/c1-2-5-4(3-11)6(7(9)10)14-8(12)13-5/h7H,2H2,1H3,(H2,12,13,14). The minimum absolute atomic E-state index is 0.170. The van der Waals surface area contributed by atoms with Gasteiger partial charge < -0.3 is 5.73 Å². The van der Waals surface area contributed by atoms with E-state index in [2.05, 4.69) is 9.97 Å². The van der Waals surface area contributed by atoms with E-state index in [1.165, 1.54) is 0 Å². The highest BCUT2D eigenvalue weighted by Crippen LogP contribution is 2.23. The predicted octanol–water partition coefficient (Wildman–Crippen LogP) is 1.43. The van der Waals surface area contributed by atoms with E-state index in [1.807, 2.05) is 0 Å². The zero-order valence-electron chi connectivity index (χ0n) is 7.46. The molecular weight excluding hydrogens is 190 g/mol. The highest BCUT2D eigenvalue weighted by molar-refractivity contribution is 5.41. The molecule has 0 aliphatic heterocycles. The summed E-state index contributed by atoms with van der Waals surface area (Å²) in [5.41, 5.74) is 4.73. The average molecular weight is 198 g/mol. The van der Waals surface area contributed by atoms with Crippen LogP contribution in [-0.2, 0) is 6.42 Å². The molecule has 14 heavy (non-hydrogen) atoms. The maximum atomic E-state index is 12.4. The number of nitrogens with zero attached hydrogens (tertiary/aromatic N) is 3. The lowest BCUT2D eigenvalue weighted by atomic mass is 10.1. The SMILES string of the molecule is CCc1nc(N)nc(C(F)F)c1C#N. The summed E-state index contributed by atoms with van der Waals surface area (Å²) in [6, 6.07) is 1.66. The summed E-state index contributed by atoms with van der Waals surface area (Å²) >= 11 is 0. The number of aromatic nitrogens is 2. The molecule has 0 spiro atoms. The Morgan fingerprint density at radius 2 is 2.14 bits per heavy atom. The van der Waals surface area contributed by atoms with Gasteiger partial charge in [0, 0.05) is 0 Å². The number of aryl methyl sites for hydroxylation is 1. The number of anilines is 1. The lowest BCUT2D eigenvalue weighted by molar-refractivity contribution is 0.145. The zero-order valence-corrected chi connectivity index (χ0v) is 7.46. The summed E-state index contributed by atoms with van der Waals surface area (Å²) in [6.07, 6.45) is -2.43. The van der Waals surface area contributed by atoms with E-state index in [1.54, 1.807) is 13.0 Å². The highest BCUT2D eigenvalue weighted by Gasteiger charge is 2.19. The van der Waals surface area contributed by atoms with Gasteiger partial charge in [-0.05, 0) is 6.42 Å². The third-order valence-electron chi connectivity index (χ3n) is 1.68. The van der Waals surface area contributed by atoms with Crippen molar-refractivity contribution in [2.75, 3.05) is 5.73 Å². The number of nitriles is 1. The van der Waals surface area contributed by atoms with Gasteiger partial charge >= 0.3 is 0 Å². The molecule has 0 unspecified atom stereocenters. The first kappa shape index (κ1) is 10.3. The maximum absolute atomic E-state index is 12.4. The minimum atomic E-state index is -2.81. The van der Waals surface area contributed by atoms with Gasteiger partial charge in [-0.1, -0.05) is 6.92 Å². The molecule has 0 atom stereocenters. The van der Waals surface area contributed by atoms with Crippen LogP contribution in [0.25, 0.3) is 0 Å². The van der Waals surface area contributed by atoms with Gasteiger partial charge in [0.15, 0.2) is 0 Å². The van der Waals surface area contributed by atoms with E-state index in [0.29, 0.717) is 6.42 Å². The molecule has 74 valence electrons. The summed E-state index contributed by atoms with van der Waals surface area (Å²) in [4.78, 5) is 7.06. The number of rotatable bonds is 2. The van der Waals surface area contributed by atoms with Crippen LogP contribution in [-0.4, -0.2) is 9.97 Å². The second-order valence-corrected chi connectivity index (χ2v) is 2.55. The van der Waals surface area contributed by atoms with E-state index < -0.39 is 12.1 Å². The zero-order chi connectivity index (χ0) is 10.7. The molecule has 1 aromatic rings. The Hall–Kier alpha value is -1.77. The van der Waals surface area contributed by atoms with Crippen molar-refractivity contribution in [2.45, 2.75) is 19.8 Å². The molecule has 0 radical (unpaired) electrons. The smallest absolute Gasteiger partial charge is 0.281 e. The second kappa shape index (κ2) is 3.96. The number of nitrogens with two attached hydrogens (primary N) is 1. The van der Waals surface area contributed by atoms with Gasteiger partial charge in [-0.25, -0.2) is 18.7 Å². The molecule has 0 aromatic carbocycles. The van der Waals surface area contributed by atoms with E-state index in [0.717, 1.165) is 0 Å². The fourth-order valence-electron chi connectivity index (χ4n) is 1.08. The van der Waals surface area contributed by atoms with Crippen molar-refractivity contribution in [3.8, 4) is 6.07 Å². The lowest BCUT2D eigenvalue weighted by Crippen LogP contribution is -2.07. The van der Waals surface area contributed by atoms with Crippen LogP contribution in [0.3, 0.4) is 0 Å². The van der Waals surface area contributed by atoms with Crippen molar-refractivity contribution in [1.82, 2.24) is 9.97 Å². The van der Waals surface area contributed by atoms with Crippen LogP contribution in [0.4, 0.5) is 14.7 Å². The number of alkyl halides is 2. The average Bonchev–Trinajstić information content (AvgIpc) is 2.16. The molecule has 0 fully saturated rings. The first-order chi connectivity index (χ1) is 6.60. The Labute approximate surface area is 79.4 Å². The molecule has 1 aromatic heterocycles. The van der Waals surface area contributed by atoms with Crippen molar-refractivity contribution in [2.24, 2.45) is 0 Å². The summed E-state index contributed by atoms with van der Waals surface area (Å²) in [7, 11) is 0. The number of halogens is 2. The van der Waals surface area contributed by atoms with E-state index in [9.17, 15) is 8.78 Å². The van der Waals surface area contributed by atoms with Gasteiger partial charge in [-0.3, -0.25) is 0 Å². The second-order valence-electron chi connectivity index (χ2n) is 2.55. The summed E-state index contributed by atoms with van der Waals surface area (Å²) in [5.74, 6) is -0.226. The molecule has 1 rings (SSSR count). The number of nitrogen functional groups attached to an aromatic ring is 1. The van der Waals surface area contributed by atoms with Gasteiger partial charge in [0.2, 0.25) is 5.95 Å². The largest absolute Gasteiger partial charge is 0.368 e. The van der Waals surface area contributed by atoms with Gasteiger partial charge in [0.25, 0.3) is 6.43 Å². The lowest BCUT2D eigenvalue weighted by Gasteiger charge is -2.06. The maximum Gasteiger partial charge on any atom is 0.281 e. The molecule has 6 heteroatoms. The van der Waals surface area contributed by atoms with Crippen molar-refractivity contribution in [3.63, 3.8) is 0 Å². The van der Waals surface area contributed by atoms with Crippen LogP contribution < -0.4 is 5.73 Å². The Morgan fingerprint density at radius 3 is 2.57 bits per heavy atom. The predicted molar refractivity (Wildman–Crippen MR) is 45.5 cm³/mol. The Kier molecular flexibility index (Phi) is 2.92. The topological polar surface area (TPSA) is 75.6 Å². The van der Waals surface area contributed by atoms with Crippen molar-refractivity contribution in [1.29, 1.82) is 5.26 Å². The molecule has 0 aliphatic carbocycles. The normalized spacial score (nSPS) is 10.2. The fraction of sp³-hybridized carbons (Fsp3) is 0.375. The van der Waals surface area contributed by atoms with Crippen LogP contribution in [0.15, 0.2) is 0 Å². The van der Waals surface area contributed by atoms with Gasteiger partial charge in [-0.15, -0.1) is 0 Å². The summed E-state index contributed by atoms with van der Waals surface area (Å²) in [5, 5.41) is 8.67. The fourth-order valence-corrected chi connectivity index (χ4v) is 1.08. The quantitative estimate of drug-likeness (QED) is 0.779. The van der Waals surface area contributed by atoms with Crippen LogP contribution in [0, 0.1) is 11.3 Å². The number of hydrogen-bond acceptors (Lipinski definition) is 4. The third kappa shape index (κ3) is 1.76. The summed E-state index contributed by atoms with van der Waals surface area (Å²) < 4.78 is 24.8. The molecule has 0 saturated carbocycles. The van der Waals surface area contributed by atoms with Crippen LogP contribution in [0.5, 0.6) is 0 Å². The van der Waals surface area contributed by atoms with Crippen molar-refractivity contribution >= 4 is 5.95 Å². The molecule has 4 nitrogen and oxygen atoms in total. The highest BCUT2D eigenvalue weighted by atomic mass is 19.3. The molecular formula is C8H8F2N4. The molecule has 0 amide bonds.